The van der Waals surface area contributed by atoms with Crippen molar-refractivity contribution < 1.29 is 13.9 Å². The van der Waals surface area contributed by atoms with Crippen LogP contribution in [0.3, 0.4) is 0 Å². The first-order valence-corrected chi connectivity index (χ1v) is 8.58. The Morgan fingerprint density at radius 3 is 2.68 bits per heavy atom. The van der Waals surface area contributed by atoms with Gasteiger partial charge >= 0.3 is 0 Å². The molecule has 1 aromatic heterocycles. The third kappa shape index (κ3) is 4.52. The number of hydrogen-bond donors (Lipinski definition) is 2. The van der Waals surface area contributed by atoms with Gasteiger partial charge < -0.3 is 15.3 Å². The quantitative estimate of drug-likeness (QED) is 0.872. The Morgan fingerprint density at radius 2 is 2.00 bits per heavy atom. The molecule has 134 valence electrons. The first kappa shape index (κ1) is 17.8. The van der Waals surface area contributed by atoms with E-state index in [-0.39, 0.29) is 23.8 Å². The third-order valence-corrected chi connectivity index (χ3v) is 4.66. The van der Waals surface area contributed by atoms with Gasteiger partial charge in [-0.15, -0.1) is 0 Å². The van der Waals surface area contributed by atoms with E-state index in [1.54, 1.807) is 12.3 Å². The van der Waals surface area contributed by atoms with Gasteiger partial charge in [0.15, 0.2) is 0 Å². The minimum Gasteiger partial charge on any atom is -0.393 e. The summed E-state index contributed by atoms with van der Waals surface area (Å²) in [7, 11) is 0. The van der Waals surface area contributed by atoms with Crippen LogP contribution in [0.5, 0.6) is 0 Å². The van der Waals surface area contributed by atoms with Gasteiger partial charge in [-0.25, -0.2) is 8.78 Å². The predicted octanol–water partition coefficient (Wildman–Crippen LogP) is 3.17. The normalized spacial score (nSPS) is 16.9. The largest absolute Gasteiger partial charge is 0.393 e. The lowest BCUT2D eigenvalue weighted by Gasteiger charge is -2.31. The molecule has 2 aromatic rings. The molecular weight excluding hydrogens is 324 g/mol. The number of aliphatic hydroxyl groups is 1. The van der Waals surface area contributed by atoms with Crippen molar-refractivity contribution in [3.63, 3.8) is 0 Å². The summed E-state index contributed by atoms with van der Waals surface area (Å²) in [5, 5.41) is 12.8. The van der Waals surface area contributed by atoms with E-state index in [9.17, 15) is 13.9 Å². The molecule has 1 fully saturated rings. The number of halogens is 2. The van der Waals surface area contributed by atoms with E-state index in [2.05, 4.69) is 10.3 Å². The van der Waals surface area contributed by atoms with Crippen LogP contribution in [0.1, 0.15) is 36.9 Å². The fraction of sp³-hybridized carbons (Fsp3) is 0.421. The molecule has 0 aliphatic carbocycles. The van der Waals surface area contributed by atoms with E-state index >= 15 is 0 Å². The summed E-state index contributed by atoms with van der Waals surface area (Å²) in [4.78, 5) is 5.82. The van der Waals surface area contributed by atoms with Crippen molar-refractivity contribution in [1.29, 1.82) is 0 Å². The van der Waals surface area contributed by atoms with Gasteiger partial charge in [0, 0.05) is 31.9 Å². The zero-order valence-corrected chi connectivity index (χ0v) is 14.3. The molecule has 1 aliphatic rings. The molecule has 1 aliphatic heterocycles. The van der Waals surface area contributed by atoms with Crippen molar-refractivity contribution in [2.75, 3.05) is 18.0 Å². The Kier molecular flexibility index (Phi) is 5.60. The number of rotatable bonds is 5. The summed E-state index contributed by atoms with van der Waals surface area (Å²) in [6.07, 6.45) is 3.85. The number of pyridine rings is 1. The van der Waals surface area contributed by atoms with E-state index in [0.717, 1.165) is 11.1 Å². The molecule has 0 amide bonds. The van der Waals surface area contributed by atoms with Crippen molar-refractivity contribution >= 4 is 5.69 Å². The number of benzene rings is 1. The molecule has 0 saturated carbocycles. The van der Waals surface area contributed by atoms with Crippen LogP contribution in [0.15, 0.2) is 36.7 Å². The van der Waals surface area contributed by atoms with E-state index in [4.69, 9.17) is 0 Å². The van der Waals surface area contributed by atoms with Crippen molar-refractivity contribution in [3.05, 3.63) is 59.4 Å². The molecule has 1 saturated heterocycles. The lowest BCUT2D eigenvalue weighted by atomic mass is 10.1. The number of aliphatic hydroxyl groups excluding tert-OH is 1. The Hall–Kier alpha value is -2.05. The van der Waals surface area contributed by atoms with Crippen LogP contribution in [0, 0.1) is 11.6 Å². The molecular formula is C19H23F2N3O. The summed E-state index contributed by atoms with van der Waals surface area (Å²) in [6, 6.07) is 6.57. The number of piperidine rings is 1. The van der Waals surface area contributed by atoms with Gasteiger partial charge in [0.2, 0.25) is 0 Å². The van der Waals surface area contributed by atoms with Gasteiger partial charge in [-0.05, 0) is 49.1 Å². The van der Waals surface area contributed by atoms with Crippen molar-refractivity contribution in [3.8, 4) is 0 Å². The molecule has 1 unspecified atom stereocenters. The summed E-state index contributed by atoms with van der Waals surface area (Å²) in [6.45, 7) is 3.73. The molecule has 1 aromatic carbocycles. The van der Waals surface area contributed by atoms with E-state index in [1.807, 2.05) is 17.9 Å². The van der Waals surface area contributed by atoms with Gasteiger partial charge in [0.05, 0.1) is 18.0 Å². The summed E-state index contributed by atoms with van der Waals surface area (Å²) < 4.78 is 27.7. The highest BCUT2D eigenvalue weighted by molar-refractivity contribution is 5.49. The molecule has 0 bridgehead atoms. The minimum atomic E-state index is -0.367. The lowest BCUT2D eigenvalue weighted by molar-refractivity contribution is 0.145. The SMILES string of the molecule is CC(NCc1ccc(N2CCC(O)CC2)c(F)c1)c1cncc(F)c1. The Morgan fingerprint density at radius 1 is 1.24 bits per heavy atom. The predicted molar refractivity (Wildman–Crippen MR) is 93.3 cm³/mol. The van der Waals surface area contributed by atoms with Crippen LogP contribution in [0.25, 0.3) is 0 Å². The van der Waals surface area contributed by atoms with Gasteiger partial charge in [0.25, 0.3) is 0 Å². The lowest BCUT2D eigenvalue weighted by Crippen LogP contribution is -2.36. The zero-order valence-electron chi connectivity index (χ0n) is 14.3. The van der Waals surface area contributed by atoms with E-state index in [1.165, 1.54) is 18.3 Å². The smallest absolute Gasteiger partial charge is 0.146 e. The topological polar surface area (TPSA) is 48.4 Å². The van der Waals surface area contributed by atoms with E-state index in [0.29, 0.717) is 38.2 Å². The Bertz CT molecular complexity index is 718. The average Bonchev–Trinajstić information content (AvgIpc) is 2.61. The molecule has 3 rings (SSSR count). The second-order valence-corrected chi connectivity index (χ2v) is 6.54. The molecule has 25 heavy (non-hydrogen) atoms. The Balaban J connectivity index is 1.61. The van der Waals surface area contributed by atoms with Crippen LogP contribution in [0.4, 0.5) is 14.5 Å². The number of aromatic nitrogens is 1. The molecule has 0 spiro atoms. The third-order valence-electron chi connectivity index (χ3n) is 4.66. The van der Waals surface area contributed by atoms with Crippen molar-refractivity contribution in [2.24, 2.45) is 0 Å². The fourth-order valence-corrected chi connectivity index (χ4v) is 3.08. The van der Waals surface area contributed by atoms with Gasteiger partial charge in [0.1, 0.15) is 11.6 Å². The molecule has 2 N–H and O–H groups in total. The maximum Gasteiger partial charge on any atom is 0.146 e. The van der Waals surface area contributed by atoms with Gasteiger partial charge in [-0.2, -0.15) is 0 Å². The monoisotopic (exact) mass is 347 g/mol. The van der Waals surface area contributed by atoms with Crippen molar-refractivity contribution in [2.45, 2.75) is 38.5 Å². The fourth-order valence-electron chi connectivity index (χ4n) is 3.08. The number of anilines is 1. The average molecular weight is 347 g/mol. The molecule has 2 heterocycles. The number of nitrogens with zero attached hydrogens (tertiary/aromatic N) is 2. The highest BCUT2D eigenvalue weighted by Crippen LogP contribution is 2.24. The Labute approximate surface area is 146 Å². The second kappa shape index (κ2) is 7.89. The highest BCUT2D eigenvalue weighted by Gasteiger charge is 2.19. The molecule has 6 heteroatoms. The maximum absolute atomic E-state index is 14.4. The first-order chi connectivity index (χ1) is 12.0. The molecule has 0 radical (unpaired) electrons. The summed E-state index contributed by atoms with van der Waals surface area (Å²) in [5.41, 5.74) is 2.16. The maximum atomic E-state index is 14.4. The summed E-state index contributed by atoms with van der Waals surface area (Å²) >= 11 is 0. The van der Waals surface area contributed by atoms with E-state index < -0.39 is 0 Å². The number of nitrogens with one attached hydrogen (secondary N) is 1. The minimum absolute atomic E-state index is 0.0884. The molecule has 1 atom stereocenters. The van der Waals surface area contributed by atoms with Crippen LogP contribution in [-0.4, -0.2) is 29.3 Å². The number of hydrogen-bond acceptors (Lipinski definition) is 4. The summed E-state index contributed by atoms with van der Waals surface area (Å²) in [5.74, 6) is -0.621. The van der Waals surface area contributed by atoms with Crippen LogP contribution >= 0.6 is 0 Å². The first-order valence-electron chi connectivity index (χ1n) is 8.58. The highest BCUT2D eigenvalue weighted by atomic mass is 19.1. The standard InChI is InChI=1S/C19H23F2N3O/c1-13(15-9-16(20)12-22-11-15)23-10-14-2-3-19(18(21)8-14)24-6-4-17(25)5-7-24/h2-3,8-9,11-13,17,23,25H,4-7,10H2,1H3. The van der Waals surface area contributed by atoms with Crippen LogP contribution in [-0.2, 0) is 6.54 Å². The van der Waals surface area contributed by atoms with Crippen LogP contribution < -0.4 is 10.2 Å². The van der Waals surface area contributed by atoms with Crippen molar-refractivity contribution in [1.82, 2.24) is 10.3 Å². The molecule has 4 nitrogen and oxygen atoms in total. The zero-order chi connectivity index (χ0) is 17.8. The van der Waals surface area contributed by atoms with Gasteiger partial charge in [-0.1, -0.05) is 6.07 Å². The van der Waals surface area contributed by atoms with Gasteiger partial charge in [-0.3, -0.25) is 4.98 Å². The second-order valence-electron chi connectivity index (χ2n) is 6.54. The van der Waals surface area contributed by atoms with Crippen LogP contribution in [0.2, 0.25) is 0 Å².